The number of hydrogen-bond donors (Lipinski definition) is 2. The molecule has 2 atom stereocenters. The van der Waals surface area contributed by atoms with Crippen molar-refractivity contribution in [3.8, 4) is 5.75 Å². The van der Waals surface area contributed by atoms with Crippen LogP contribution in [0, 0.1) is 5.92 Å². The summed E-state index contributed by atoms with van der Waals surface area (Å²) >= 11 is 3.35. The summed E-state index contributed by atoms with van der Waals surface area (Å²) in [7, 11) is 0. The van der Waals surface area contributed by atoms with Crippen LogP contribution in [0.25, 0.3) is 0 Å². The van der Waals surface area contributed by atoms with Crippen molar-refractivity contribution in [2.45, 2.75) is 32.7 Å². The minimum absolute atomic E-state index is 0.113. The number of carboxylic acid groups (broad SMARTS) is 1. The Labute approximate surface area is 132 Å². The number of carbonyl (C=O) groups excluding carboxylic acids is 1. The number of benzene rings is 1. The number of para-hydroxylation sites is 1. The van der Waals surface area contributed by atoms with Crippen LogP contribution in [0.1, 0.15) is 26.7 Å². The second kappa shape index (κ2) is 8.67. The standard InChI is InChI=1S/C15H20BrNO4/c1-3-10(2)14(15(19)20)17-13(18)8-9-21-12-7-5-4-6-11(12)16/h4-7,10,14H,3,8-9H2,1-2H3,(H,17,18)(H,19,20)/t10-,14-/m0/s1. The largest absolute Gasteiger partial charge is 0.492 e. The van der Waals surface area contributed by atoms with Crippen molar-refractivity contribution < 1.29 is 19.4 Å². The molecular weight excluding hydrogens is 338 g/mol. The maximum Gasteiger partial charge on any atom is 0.326 e. The summed E-state index contributed by atoms with van der Waals surface area (Å²) in [5.74, 6) is -0.795. The average molecular weight is 358 g/mol. The Morgan fingerprint density at radius 1 is 1.38 bits per heavy atom. The number of carboxylic acids is 1. The van der Waals surface area contributed by atoms with E-state index in [0.717, 1.165) is 4.47 Å². The Morgan fingerprint density at radius 2 is 2.05 bits per heavy atom. The molecule has 0 bridgehead atoms. The van der Waals surface area contributed by atoms with Crippen LogP contribution in [-0.4, -0.2) is 29.6 Å². The molecule has 0 aliphatic carbocycles. The molecule has 116 valence electrons. The van der Waals surface area contributed by atoms with E-state index in [1.54, 1.807) is 13.0 Å². The number of nitrogens with one attached hydrogen (secondary N) is 1. The third-order valence-corrected chi connectivity index (χ3v) is 3.87. The highest BCUT2D eigenvalue weighted by atomic mass is 79.9. The zero-order valence-corrected chi connectivity index (χ0v) is 13.7. The van der Waals surface area contributed by atoms with Crippen LogP contribution >= 0.6 is 15.9 Å². The summed E-state index contributed by atoms with van der Waals surface area (Å²) in [6.45, 7) is 3.89. The fourth-order valence-corrected chi connectivity index (χ4v) is 2.14. The second-order valence-corrected chi connectivity index (χ2v) is 5.65. The summed E-state index contributed by atoms with van der Waals surface area (Å²) in [4.78, 5) is 22.9. The van der Waals surface area contributed by atoms with Crippen LogP contribution in [0.4, 0.5) is 0 Å². The van der Waals surface area contributed by atoms with Gasteiger partial charge in [0.1, 0.15) is 11.8 Å². The van der Waals surface area contributed by atoms with E-state index in [1.165, 1.54) is 0 Å². The van der Waals surface area contributed by atoms with E-state index in [-0.39, 0.29) is 24.9 Å². The molecule has 0 unspecified atom stereocenters. The number of carbonyl (C=O) groups is 2. The SMILES string of the molecule is CC[C@H](C)[C@H](NC(=O)CCOc1ccccc1Br)C(=O)O. The fourth-order valence-electron chi connectivity index (χ4n) is 1.74. The minimum Gasteiger partial charge on any atom is -0.492 e. The van der Waals surface area contributed by atoms with E-state index in [2.05, 4.69) is 21.2 Å². The molecule has 0 aliphatic rings. The number of rotatable bonds is 8. The first kappa shape index (κ1) is 17.5. The molecule has 21 heavy (non-hydrogen) atoms. The van der Waals surface area contributed by atoms with E-state index in [1.807, 2.05) is 25.1 Å². The molecule has 0 aromatic heterocycles. The van der Waals surface area contributed by atoms with Gasteiger partial charge in [0.2, 0.25) is 5.91 Å². The van der Waals surface area contributed by atoms with E-state index in [4.69, 9.17) is 9.84 Å². The second-order valence-electron chi connectivity index (χ2n) is 4.80. The predicted octanol–water partition coefficient (Wildman–Crippen LogP) is 2.83. The zero-order chi connectivity index (χ0) is 15.8. The van der Waals surface area contributed by atoms with Crippen molar-refractivity contribution in [1.29, 1.82) is 0 Å². The monoisotopic (exact) mass is 357 g/mol. The van der Waals surface area contributed by atoms with Gasteiger partial charge in [0.25, 0.3) is 0 Å². The molecule has 6 heteroatoms. The Bertz CT molecular complexity index is 492. The lowest BCUT2D eigenvalue weighted by Gasteiger charge is -2.20. The van der Waals surface area contributed by atoms with E-state index >= 15 is 0 Å². The molecular formula is C15H20BrNO4. The lowest BCUT2D eigenvalue weighted by atomic mass is 9.99. The van der Waals surface area contributed by atoms with Crippen molar-refractivity contribution in [2.24, 2.45) is 5.92 Å². The van der Waals surface area contributed by atoms with Crippen LogP contribution in [-0.2, 0) is 9.59 Å². The highest BCUT2D eigenvalue weighted by Crippen LogP contribution is 2.23. The highest BCUT2D eigenvalue weighted by molar-refractivity contribution is 9.10. The van der Waals surface area contributed by atoms with Gasteiger partial charge in [-0.2, -0.15) is 0 Å². The van der Waals surface area contributed by atoms with Gasteiger partial charge >= 0.3 is 5.97 Å². The molecule has 0 saturated heterocycles. The van der Waals surface area contributed by atoms with Crippen LogP contribution in [0.5, 0.6) is 5.75 Å². The summed E-state index contributed by atoms with van der Waals surface area (Å²) in [5, 5.41) is 11.6. The highest BCUT2D eigenvalue weighted by Gasteiger charge is 2.24. The maximum atomic E-state index is 11.8. The Hall–Kier alpha value is -1.56. The summed E-state index contributed by atoms with van der Waals surface area (Å²) in [6.07, 6.45) is 0.798. The van der Waals surface area contributed by atoms with Gasteiger partial charge < -0.3 is 15.2 Å². The van der Waals surface area contributed by atoms with Crippen molar-refractivity contribution in [2.75, 3.05) is 6.61 Å². The normalized spacial score (nSPS) is 13.3. The van der Waals surface area contributed by atoms with Crippen LogP contribution < -0.4 is 10.1 Å². The van der Waals surface area contributed by atoms with Gasteiger partial charge in [-0.15, -0.1) is 0 Å². The lowest BCUT2D eigenvalue weighted by molar-refractivity contribution is -0.143. The first-order chi connectivity index (χ1) is 9.95. The summed E-state index contributed by atoms with van der Waals surface area (Å²) < 4.78 is 6.29. The minimum atomic E-state index is -1.01. The van der Waals surface area contributed by atoms with Gasteiger partial charge in [0, 0.05) is 0 Å². The van der Waals surface area contributed by atoms with Crippen molar-refractivity contribution in [3.05, 3.63) is 28.7 Å². The quantitative estimate of drug-likeness (QED) is 0.749. The Kier molecular flexibility index (Phi) is 7.22. The number of halogens is 1. The van der Waals surface area contributed by atoms with E-state index in [9.17, 15) is 9.59 Å². The number of hydrogen-bond acceptors (Lipinski definition) is 3. The first-order valence-electron chi connectivity index (χ1n) is 6.85. The van der Waals surface area contributed by atoms with Crippen molar-refractivity contribution >= 4 is 27.8 Å². The van der Waals surface area contributed by atoms with Gasteiger partial charge in [-0.1, -0.05) is 32.4 Å². The van der Waals surface area contributed by atoms with E-state index in [0.29, 0.717) is 12.2 Å². The molecule has 1 aromatic carbocycles. The van der Waals surface area contributed by atoms with Crippen molar-refractivity contribution in [1.82, 2.24) is 5.32 Å². The van der Waals surface area contributed by atoms with Gasteiger partial charge in [0.15, 0.2) is 0 Å². The Balaban J connectivity index is 2.43. The van der Waals surface area contributed by atoms with E-state index < -0.39 is 12.0 Å². The van der Waals surface area contributed by atoms with Crippen LogP contribution in [0.3, 0.4) is 0 Å². The molecule has 0 spiro atoms. The molecule has 0 fully saturated rings. The predicted molar refractivity (Wildman–Crippen MR) is 83.3 cm³/mol. The van der Waals surface area contributed by atoms with Gasteiger partial charge in [-0.05, 0) is 34.0 Å². The molecule has 0 saturated carbocycles. The first-order valence-corrected chi connectivity index (χ1v) is 7.64. The van der Waals surface area contributed by atoms with Crippen LogP contribution in [0.2, 0.25) is 0 Å². The molecule has 0 heterocycles. The molecule has 5 nitrogen and oxygen atoms in total. The molecule has 1 rings (SSSR count). The Morgan fingerprint density at radius 3 is 2.62 bits per heavy atom. The third-order valence-electron chi connectivity index (χ3n) is 3.22. The topological polar surface area (TPSA) is 75.6 Å². The molecule has 2 N–H and O–H groups in total. The molecule has 1 amide bonds. The molecule has 0 aliphatic heterocycles. The molecule has 1 aromatic rings. The van der Waals surface area contributed by atoms with Crippen LogP contribution in [0.15, 0.2) is 28.7 Å². The lowest BCUT2D eigenvalue weighted by Crippen LogP contribution is -2.45. The summed E-state index contributed by atoms with van der Waals surface area (Å²) in [5.41, 5.74) is 0. The van der Waals surface area contributed by atoms with Gasteiger partial charge in [0.05, 0.1) is 17.5 Å². The zero-order valence-electron chi connectivity index (χ0n) is 12.1. The maximum absolute atomic E-state index is 11.8. The smallest absolute Gasteiger partial charge is 0.326 e. The number of amides is 1. The van der Waals surface area contributed by atoms with Gasteiger partial charge in [-0.3, -0.25) is 4.79 Å². The van der Waals surface area contributed by atoms with Crippen molar-refractivity contribution in [3.63, 3.8) is 0 Å². The summed E-state index contributed by atoms with van der Waals surface area (Å²) in [6, 6.07) is 6.49. The third kappa shape index (κ3) is 5.75. The fraction of sp³-hybridized carbons (Fsp3) is 0.467. The average Bonchev–Trinajstić information content (AvgIpc) is 2.45. The number of aliphatic carboxylic acids is 1. The molecule has 0 radical (unpaired) electrons. The van der Waals surface area contributed by atoms with Gasteiger partial charge in [-0.25, -0.2) is 4.79 Å². The number of ether oxygens (including phenoxy) is 1.